The van der Waals surface area contributed by atoms with Gasteiger partial charge in [-0.3, -0.25) is 4.98 Å². The number of aryl methyl sites for hydroxylation is 1. The molecule has 0 aliphatic heterocycles. The SMILES string of the molecule is Cc1ccncc1CNCc1cccc(CO)c1. The summed E-state index contributed by atoms with van der Waals surface area (Å²) in [7, 11) is 0. The predicted molar refractivity (Wildman–Crippen MR) is 71.9 cm³/mol. The van der Waals surface area contributed by atoms with Crippen molar-refractivity contribution in [2.45, 2.75) is 26.6 Å². The third kappa shape index (κ3) is 3.39. The van der Waals surface area contributed by atoms with Gasteiger partial charge < -0.3 is 10.4 Å². The van der Waals surface area contributed by atoms with E-state index in [1.54, 1.807) is 0 Å². The molecule has 94 valence electrons. The summed E-state index contributed by atoms with van der Waals surface area (Å²) < 4.78 is 0. The molecule has 2 N–H and O–H groups in total. The van der Waals surface area contributed by atoms with Crippen LogP contribution in [0.4, 0.5) is 0 Å². The Hall–Kier alpha value is -1.71. The zero-order chi connectivity index (χ0) is 12.8. The van der Waals surface area contributed by atoms with E-state index in [1.807, 2.05) is 36.7 Å². The lowest BCUT2D eigenvalue weighted by molar-refractivity contribution is 0.281. The van der Waals surface area contributed by atoms with Crippen LogP contribution in [0.15, 0.2) is 42.7 Å². The summed E-state index contributed by atoms with van der Waals surface area (Å²) in [5, 5.41) is 12.5. The van der Waals surface area contributed by atoms with Crippen molar-refractivity contribution in [2.24, 2.45) is 0 Å². The summed E-state index contributed by atoms with van der Waals surface area (Å²) in [4.78, 5) is 4.13. The number of nitrogens with zero attached hydrogens (tertiary/aromatic N) is 1. The minimum Gasteiger partial charge on any atom is -0.392 e. The molecule has 1 aromatic heterocycles. The molecule has 1 heterocycles. The fraction of sp³-hybridized carbons (Fsp3) is 0.267. The number of aromatic nitrogens is 1. The van der Waals surface area contributed by atoms with Gasteiger partial charge in [0, 0.05) is 25.5 Å². The Morgan fingerprint density at radius 1 is 1.17 bits per heavy atom. The first kappa shape index (κ1) is 12.7. The Balaban J connectivity index is 1.90. The minimum atomic E-state index is 0.0928. The summed E-state index contributed by atoms with van der Waals surface area (Å²) in [6, 6.07) is 9.99. The second-order valence-corrected chi connectivity index (χ2v) is 4.38. The monoisotopic (exact) mass is 242 g/mol. The second kappa shape index (κ2) is 6.28. The summed E-state index contributed by atoms with van der Waals surface area (Å²) in [6.07, 6.45) is 3.70. The first-order valence-electron chi connectivity index (χ1n) is 6.08. The van der Waals surface area contributed by atoms with E-state index >= 15 is 0 Å². The molecule has 18 heavy (non-hydrogen) atoms. The van der Waals surface area contributed by atoms with Gasteiger partial charge >= 0.3 is 0 Å². The summed E-state index contributed by atoms with van der Waals surface area (Å²) in [5.41, 5.74) is 4.60. The fourth-order valence-corrected chi connectivity index (χ4v) is 1.86. The van der Waals surface area contributed by atoms with E-state index in [-0.39, 0.29) is 6.61 Å². The van der Waals surface area contributed by atoms with Crippen LogP contribution in [-0.4, -0.2) is 10.1 Å². The smallest absolute Gasteiger partial charge is 0.0681 e. The maximum absolute atomic E-state index is 9.07. The van der Waals surface area contributed by atoms with Crippen LogP contribution in [0.5, 0.6) is 0 Å². The highest BCUT2D eigenvalue weighted by molar-refractivity contribution is 5.24. The Kier molecular flexibility index (Phi) is 4.45. The zero-order valence-corrected chi connectivity index (χ0v) is 10.6. The van der Waals surface area contributed by atoms with Crippen LogP contribution in [0.1, 0.15) is 22.3 Å². The Morgan fingerprint density at radius 3 is 2.78 bits per heavy atom. The number of pyridine rings is 1. The maximum Gasteiger partial charge on any atom is 0.0681 e. The molecule has 0 aliphatic rings. The van der Waals surface area contributed by atoms with Crippen molar-refractivity contribution in [1.29, 1.82) is 0 Å². The largest absolute Gasteiger partial charge is 0.392 e. The van der Waals surface area contributed by atoms with Crippen LogP contribution in [0.2, 0.25) is 0 Å². The molecule has 0 bridgehead atoms. The van der Waals surface area contributed by atoms with E-state index in [0.717, 1.165) is 18.7 Å². The highest BCUT2D eigenvalue weighted by Crippen LogP contribution is 2.07. The average Bonchev–Trinajstić information content (AvgIpc) is 2.41. The molecule has 2 rings (SSSR count). The van der Waals surface area contributed by atoms with E-state index in [1.165, 1.54) is 16.7 Å². The molecule has 0 amide bonds. The van der Waals surface area contributed by atoms with Gasteiger partial charge in [-0.1, -0.05) is 24.3 Å². The summed E-state index contributed by atoms with van der Waals surface area (Å²) in [6.45, 7) is 3.78. The third-order valence-electron chi connectivity index (χ3n) is 2.97. The normalized spacial score (nSPS) is 10.6. The maximum atomic E-state index is 9.07. The van der Waals surface area contributed by atoms with Gasteiger partial charge in [0.1, 0.15) is 0 Å². The quantitative estimate of drug-likeness (QED) is 0.844. The van der Waals surface area contributed by atoms with Gasteiger partial charge in [0.25, 0.3) is 0 Å². The molecule has 2 aromatic rings. The van der Waals surface area contributed by atoms with Crippen LogP contribution < -0.4 is 5.32 Å². The molecule has 0 unspecified atom stereocenters. The number of aliphatic hydroxyl groups is 1. The molecule has 0 atom stereocenters. The number of hydrogen-bond donors (Lipinski definition) is 2. The van der Waals surface area contributed by atoms with Crippen LogP contribution in [0.3, 0.4) is 0 Å². The van der Waals surface area contributed by atoms with E-state index in [0.29, 0.717) is 0 Å². The molecule has 0 saturated carbocycles. The topological polar surface area (TPSA) is 45.2 Å². The molecular formula is C15H18N2O. The highest BCUT2D eigenvalue weighted by Gasteiger charge is 1.98. The molecule has 1 aromatic carbocycles. The van der Waals surface area contributed by atoms with Crippen molar-refractivity contribution < 1.29 is 5.11 Å². The van der Waals surface area contributed by atoms with Gasteiger partial charge in [-0.15, -0.1) is 0 Å². The van der Waals surface area contributed by atoms with Crippen LogP contribution >= 0.6 is 0 Å². The first-order chi connectivity index (χ1) is 8.79. The lowest BCUT2D eigenvalue weighted by Crippen LogP contribution is -2.13. The lowest BCUT2D eigenvalue weighted by Gasteiger charge is -2.08. The highest BCUT2D eigenvalue weighted by atomic mass is 16.3. The van der Waals surface area contributed by atoms with Gasteiger partial charge in [0.05, 0.1) is 6.61 Å². The van der Waals surface area contributed by atoms with Gasteiger partial charge in [0.2, 0.25) is 0 Å². The molecule has 3 heteroatoms. The van der Waals surface area contributed by atoms with Gasteiger partial charge in [0.15, 0.2) is 0 Å². The third-order valence-corrected chi connectivity index (χ3v) is 2.97. The van der Waals surface area contributed by atoms with Crippen LogP contribution in [0, 0.1) is 6.92 Å². The molecule has 3 nitrogen and oxygen atoms in total. The van der Waals surface area contributed by atoms with Gasteiger partial charge in [-0.2, -0.15) is 0 Å². The number of rotatable bonds is 5. The lowest BCUT2D eigenvalue weighted by atomic mass is 10.1. The molecular weight excluding hydrogens is 224 g/mol. The zero-order valence-electron chi connectivity index (χ0n) is 10.6. The minimum absolute atomic E-state index is 0.0928. The van der Waals surface area contributed by atoms with E-state index < -0.39 is 0 Å². The summed E-state index contributed by atoms with van der Waals surface area (Å²) >= 11 is 0. The van der Waals surface area contributed by atoms with Crippen molar-refractivity contribution in [2.75, 3.05) is 0 Å². The number of hydrogen-bond acceptors (Lipinski definition) is 3. The molecule has 0 fully saturated rings. The Labute approximate surface area is 108 Å². The van der Waals surface area contributed by atoms with Gasteiger partial charge in [-0.25, -0.2) is 0 Å². The van der Waals surface area contributed by atoms with E-state index in [4.69, 9.17) is 5.11 Å². The molecule has 0 saturated heterocycles. The standard InChI is InChI=1S/C15H18N2O/c1-12-5-6-16-9-15(12)10-17-8-13-3-2-4-14(7-13)11-18/h2-7,9,17-18H,8,10-11H2,1H3. The predicted octanol–water partition coefficient (Wildman–Crippen LogP) is 2.17. The van der Waals surface area contributed by atoms with Crippen LogP contribution in [-0.2, 0) is 19.7 Å². The number of nitrogens with one attached hydrogen (secondary N) is 1. The van der Waals surface area contributed by atoms with Crippen molar-refractivity contribution in [1.82, 2.24) is 10.3 Å². The van der Waals surface area contributed by atoms with Crippen molar-refractivity contribution in [3.05, 3.63) is 65.0 Å². The Bertz CT molecular complexity index is 511. The van der Waals surface area contributed by atoms with Gasteiger partial charge in [-0.05, 0) is 35.2 Å². The van der Waals surface area contributed by atoms with Crippen LogP contribution in [0.25, 0.3) is 0 Å². The van der Waals surface area contributed by atoms with E-state index in [9.17, 15) is 0 Å². The van der Waals surface area contributed by atoms with E-state index in [2.05, 4.69) is 23.3 Å². The second-order valence-electron chi connectivity index (χ2n) is 4.38. The number of aliphatic hydroxyl groups excluding tert-OH is 1. The van der Waals surface area contributed by atoms with Crippen molar-refractivity contribution in [3.8, 4) is 0 Å². The Morgan fingerprint density at radius 2 is 2.00 bits per heavy atom. The molecule has 0 spiro atoms. The summed E-state index contributed by atoms with van der Waals surface area (Å²) in [5.74, 6) is 0. The molecule has 0 aliphatic carbocycles. The number of benzene rings is 1. The first-order valence-corrected chi connectivity index (χ1v) is 6.08. The van der Waals surface area contributed by atoms with Crippen molar-refractivity contribution >= 4 is 0 Å². The molecule has 0 radical (unpaired) electrons. The fourth-order valence-electron chi connectivity index (χ4n) is 1.86. The van der Waals surface area contributed by atoms with Crippen molar-refractivity contribution in [3.63, 3.8) is 0 Å². The average molecular weight is 242 g/mol.